The third-order valence-electron chi connectivity index (χ3n) is 4.70. The highest BCUT2D eigenvalue weighted by molar-refractivity contribution is 6.38. The van der Waals surface area contributed by atoms with Crippen LogP contribution in [-0.4, -0.2) is 50.6 Å². The third kappa shape index (κ3) is 3.16. The zero-order valence-corrected chi connectivity index (χ0v) is 14.5. The highest BCUT2D eigenvalue weighted by atomic mass is 16.2. The Labute approximate surface area is 141 Å². The van der Waals surface area contributed by atoms with Crippen LogP contribution in [0.15, 0.2) is 12.3 Å². The van der Waals surface area contributed by atoms with Crippen molar-refractivity contribution < 1.29 is 19.2 Å². The second-order valence-electron chi connectivity index (χ2n) is 6.75. The molecule has 0 bridgehead atoms. The van der Waals surface area contributed by atoms with Gasteiger partial charge in [-0.25, -0.2) is 0 Å². The van der Waals surface area contributed by atoms with E-state index in [9.17, 15) is 19.2 Å². The summed E-state index contributed by atoms with van der Waals surface area (Å²) in [5.74, 6) is -1.84. The molecule has 1 aliphatic heterocycles. The summed E-state index contributed by atoms with van der Waals surface area (Å²) in [5.41, 5.74) is -0.580. The number of ketones is 2. The molecule has 0 saturated carbocycles. The van der Waals surface area contributed by atoms with E-state index in [2.05, 4.69) is 5.10 Å². The zero-order chi connectivity index (χ0) is 18.1. The van der Waals surface area contributed by atoms with Gasteiger partial charge in [0.1, 0.15) is 11.7 Å². The summed E-state index contributed by atoms with van der Waals surface area (Å²) in [4.78, 5) is 50.7. The van der Waals surface area contributed by atoms with Gasteiger partial charge >= 0.3 is 0 Å². The topological polar surface area (TPSA) is 89.3 Å². The fourth-order valence-electron chi connectivity index (χ4n) is 2.73. The van der Waals surface area contributed by atoms with Crippen LogP contribution in [0.2, 0.25) is 0 Å². The van der Waals surface area contributed by atoms with E-state index in [0.29, 0.717) is 25.8 Å². The molecule has 130 valence electrons. The predicted octanol–water partition coefficient (Wildman–Crippen LogP) is 1.72. The molecule has 7 nitrogen and oxygen atoms in total. The van der Waals surface area contributed by atoms with Gasteiger partial charge in [0.15, 0.2) is 5.78 Å². The minimum absolute atomic E-state index is 0.180. The van der Waals surface area contributed by atoms with Crippen LogP contribution in [0, 0.1) is 5.41 Å². The minimum atomic E-state index is -0.760. The van der Waals surface area contributed by atoms with E-state index < -0.39 is 29.1 Å². The minimum Gasteiger partial charge on any atom is -0.324 e. The van der Waals surface area contributed by atoms with Gasteiger partial charge < -0.3 is 4.90 Å². The Hall–Kier alpha value is -2.31. The van der Waals surface area contributed by atoms with Crippen molar-refractivity contribution in [3.63, 3.8) is 0 Å². The second kappa shape index (κ2) is 6.67. The third-order valence-corrected chi connectivity index (χ3v) is 4.70. The van der Waals surface area contributed by atoms with E-state index in [4.69, 9.17) is 0 Å². The molecule has 24 heavy (non-hydrogen) atoms. The summed E-state index contributed by atoms with van der Waals surface area (Å²) >= 11 is 0. The molecular weight excluding hydrogens is 310 g/mol. The van der Waals surface area contributed by atoms with Gasteiger partial charge in [-0.1, -0.05) is 20.8 Å². The number of aromatic nitrogens is 2. The fraction of sp³-hybridized carbons (Fsp3) is 0.588. The van der Waals surface area contributed by atoms with Crippen molar-refractivity contribution in [2.24, 2.45) is 5.41 Å². The smallest absolute Gasteiger partial charge is 0.291 e. The number of rotatable bonds is 5. The Bertz CT molecular complexity index is 690. The molecule has 2 heterocycles. The molecule has 1 fully saturated rings. The monoisotopic (exact) mass is 333 g/mol. The van der Waals surface area contributed by atoms with Crippen LogP contribution in [-0.2, 0) is 9.59 Å². The van der Waals surface area contributed by atoms with Gasteiger partial charge in [0, 0.05) is 18.9 Å². The maximum Gasteiger partial charge on any atom is 0.291 e. The second-order valence-corrected chi connectivity index (χ2v) is 6.75. The van der Waals surface area contributed by atoms with E-state index in [-0.39, 0.29) is 11.5 Å². The summed E-state index contributed by atoms with van der Waals surface area (Å²) in [6.07, 6.45) is 3.01. The van der Waals surface area contributed by atoms with E-state index in [0.717, 1.165) is 4.68 Å². The maximum absolute atomic E-state index is 12.7. The van der Waals surface area contributed by atoms with Gasteiger partial charge in [-0.05, 0) is 25.3 Å². The first-order valence-electron chi connectivity index (χ1n) is 8.15. The largest absolute Gasteiger partial charge is 0.324 e. The lowest BCUT2D eigenvalue weighted by molar-refractivity contribution is -0.149. The molecule has 0 unspecified atom stereocenters. The Kier molecular flexibility index (Phi) is 5.01. The molecular formula is C17H23N3O4. The number of carbonyl (C=O) groups is 4. The normalized spacial score (nSPS) is 17.8. The Balaban J connectivity index is 2.26. The van der Waals surface area contributed by atoms with Crippen LogP contribution >= 0.6 is 0 Å². The van der Waals surface area contributed by atoms with Crippen LogP contribution in [0.1, 0.15) is 62.2 Å². The number of amides is 1. The van der Waals surface area contributed by atoms with Crippen molar-refractivity contribution in [1.82, 2.24) is 14.7 Å². The summed E-state index contributed by atoms with van der Waals surface area (Å²) in [7, 11) is 0. The number of nitrogens with zero attached hydrogens (tertiary/aromatic N) is 3. The first-order chi connectivity index (χ1) is 11.2. The van der Waals surface area contributed by atoms with Gasteiger partial charge in [-0.15, -0.1) is 0 Å². The van der Waals surface area contributed by atoms with E-state index >= 15 is 0 Å². The van der Waals surface area contributed by atoms with Crippen molar-refractivity contribution >= 4 is 23.4 Å². The zero-order valence-electron chi connectivity index (χ0n) is 14.5. The molecule has 7 heteroatoms. The van der Waals surface area contributed by atoms with E-state index in [1.807, 2.05) is 6.92 Å². The lowest BCUT2D eigenvalue weighted by Crippen LogP contribution is -2.49. The molecule has 0 aromatic carbocycles. The van der Waals surface area contributed by atoms with Crippen LogP contribution in [0.5, 0.6) is 0 Å². The van der Waals surface area contributed by atoms with Crippen molar-refractivity contribution in [3.05, 3.63) is 18.0 Å². The Morgan fingerprint density at radius 3 is 2.54 bits per heavy atom. The molecule has 1 aliphatic rings. The number of carbonyl (C=O) groups excluding carboxylic acids is 4. The molecule has 1 aromatic rings. The highest BCUT2D eigenvalue weighted by Gasteiger charge is 2.42. The molecule has 2 rings (SSSR count). The average molecular weight is 333 g/mol. The number of likely N-dealkylation sites (tertiary alicyclic amines) is 1. The summed E-state index contributed by atoms with van der Waals surface area (Å²) in [6.45, 7) is 7.01. The average Bonchev–Trinajstić information content (AvgIpc) is 3.21. The van der Waals surface area contributed by atoms with Crippen molar-refractivity contribution in [2.75, 3.05) is 6.54 Å². The lowest BCUT2D eigenvalue weighted by atomic mass is 9.84. The van der Waals surface area contributed by atoms with E-state index in [1.54, 1.807) is 13.8 Å². The van der Waals surface area contributed by atoms with Crippen LogP contribution in [0.25, 0.3) is 0 Å². The van der Waals surface area contributed by atoms with Crippen molar-refractivity contribution in [1.29, 1.82) is 0 Å². The maximum atomic E-state index is 12.7. The molecule has 1 amide bonds. The number of hydrogen-bond acceptors (Lipinski definition) is 5. The lowest BCUT2D eigenvalue weighted by Gasteiger charge is -2.27. The standard InChI is InChI=1S/C17H23N3O4/c1-5-17(3,4)14(22)16(24)19-10-6-7-13(19)15(23)20-12(11(2)21)8-9-18-20/h8-9,13H,5-7,10H2,1-4H3/t13-/m0/s1. The number of hydrogen-bond donors (Lipinski definition) is 0. The predicted molar refractivity (Wildman–Crippen MR) is 86.7 cm³/mol. The molecule has 0 aliphatic carbocycles. The van der Waals surface area contributed by atoms with Gasteiger partial charge in [-0.3, -0.25) is 19.2 Å². The Morgan fingerprint density at radius 2 is 1.96 bits per heavy atom. The number of Topliss-reactive ketones (excluding diaryl/α,β-unsaturated/α-hetero) is 2. The molecule has 1 aromatic heterocycles. The highest BCUT2D eigenvalue weighted by Crippen LogP contribution is 2.26. The first-order valence-corrected chi connectivity index (χ1v) is 8.15. The first kappa shape index (κ1) is 18.0. The molecule has 0 radical (unpaired) electrons. The fourth-order valence-corrected chi connectivity index (χ4v) is 2.73. The van der Waals surface area contributed by atoms with Gasteiger partial charge in [0.05, 0.1) is 6.20 Å². The van der Waals surface area contributed by atoms with Crippen LogP contribution in [0.4, 0.5) is 0 Å². The van der Waals surface area contributed by atoms with Crippen molar-refractivity contribution in [3.8, 4) is 0 Å². The van der Waals surface area contributed by atoms with E-state index in [1.165, 1.54) is 24.1 Å². The molecule has 0 spiro atoms. The quantitative estimate of drug-likeness (QED) is 0.604. The summed E-state index contributed by atoms with van der Waals surface area (Å²) < 4.78 is 1.04. The molecule has 1 saturated heterocycles. The van der Waals surface area contributed by atoms with Gasteiger partial charge in [0.25, 0.3) is 11.8 Å². The van der Waals surface area contributed by atoms with Gasteiger partial charge in [0.2, 0.25) is 5.78 Å². The Morgan fingerprint density at radius 1 is 1.29 bits per heavy atom. The summed E-state index contributed by atoms with van der Waals surface area (Å²) in [5, 5.41) is 3.91. The van der Waals surface area contributed by atoms with Crippen molar-refractivity contribution in [2.45, 2.75) is 53.0 Å². The van der Waals surface area contributed by atoms with Crippen LogP contribution < -0.4 is 0 Å². The molecule has 0 N–H and O–H groups in total. The summed E-state index contributed by atoms with van der Waals surface area (Å²) in [6, 6.07) is 0.708. The van der Waals surface area contributed by atoms with Crippen LogP contribution in [0.3, 0.4) is 0 Å². The SMILES string of the molecule is CCC(C)(C)C(=O)C(=O)N1CCC[C@H]1C(=O)n1nccc1C(C)=O. The molecule has 1 atom stereocenters. The van der Waals surface area contributed by atoms with Gasteiger partial charge in [-0.2, -0.15) is 9.78 Å².